The van der Waals surface area contributed by atoms with Gasteiger partial charge in [0, 0.05) is 30.1 Å². The van der Waals surface area contributed by atoms with Gasteiger partial charge >= 0.3 is 0 Å². The van der Waals surface area contributed by atoms with Crippen LogP contribution in [-0.2, 0) is 14.9 Å². The number of morpholine rings is 1. The maximum absolute atomic E-state index is 13.1. The number of carbonyl (C=O) groups excluding carboxylic acids is 1. The van der Waals surface area contributed by atoms with Gasteiger partial charge in [-0.3, -0.25) is 10.2 Å². The van der Waals surface area contributed by atoms with Crippen molar-refractivity contribution in [2.45, 2.75) is 17.8 Å². The number of hydrogen-bond acceptors (Lipinski definition) is 8. The number of carbonyl (C=O) groups is 1. The highest BCUT2D eigenvalue weighted by Gasteiger charge is 2.65. The van der Waals surface area contributed by atoms with Gasteiger partial charge in [0.05, 0.1) is 43.6 Å². The van der Waals surface area contributed by atoms with E-state index in [9.17, 15) is 4.79 Å². The van der Waals surface area contributed by atoms with E-state index in [0.29, 0.717) is 30.0 Å². The van der Waals surface area contributed by atoms with Gasteiger partial charge in [-0.25, -0.2) is 4.98 Å². The standard InChI is InChI=1S/C26H24ClN7O3/c1-36-17-4-5-21-18(11-17)26(24(35)30-21)12-19(26)15-2-3-16-13-29-34(22(16)10-15)32-23-20(27)14-28-25(31-23)33-6-8-37-9-7-33/h2-5,10-11,13-14,19H,6-9,12H2,1H3,(H,30,35)(H,28,31,32)/t19-,26-/m0/s1. The fourth-order valence-corrected chi connectivity index (χ4v) is 5.63. The molecule has 188 valence electrons. The van der Waals surface area contributed by atoms with E-state index in [0.717, 1.165) is 53.0 Å². The molecule has 2 aromatic carbocycles. The Hall–Kier alpha value is -3.89. The minimum atomic E-state index is -0.571. The van der Waals surface area contributed by atoms with Crippen LogP contribution in [0.15, 0.2) is 48.8 Å². The van der Waals surface area contributed by atoms with Crippen molar-refractivity contribution in [3.05, 3.63) is 64.9 Å². The molecule has 2 aliphatic heterocycles. The lowest BCUT2D eigenvalue weighted by molar-refractivity contribution is -0.118. The van der Waals surface area contributed by atoms with Crippen molar-refractivity contribution in [3.8, 4) is 5.75 Å². The molecule has 0 radical (unpaired) electrons. The first kappa shape index (κ1) is 22.3. The van der Waals surface area contributed by atoms with E-state index in [-0.39, 0.29) is 11.8 Å². The van der Waals surface area contributed by atoms with Crippen LogP contribution in [0.3, 0.4) is 0 Å². The van der Waals surface area contributed by atoms with Gasteiger partial charge in [0.25, 0.3) is 0 Å². The van der Waals surface area contributed by atoms with Crippen LogP contribution in [-0.4, -0.2) is 59.2 Å². The molecule has 2 aromatic heterocycles. The number of hydrogen-bond donors (Lipinski definition) is 2. The summed E-state index contributed by atoms with van der Waals surface area (Å²) in [5, 5.41) is 8.92. The van der Waals surface area contributed by atoms with E-state index in [4.69, 9.17) is 21.1 Å². The monoisotopic (exact) mass is 517 g/mol. The Balaban J connectivity index is 1.21. The molecule has 4 heterocycles. The molecular weight excluding hydrogens is 494 g/mol. The van der Waals surface area contributed by atoms with Crippen molar-refractivity contribution in [1.82, 2.24) is 19.9 Å². The van der Waals surface area contributed by atoms with Crippen molar-refractivity contribution in [1.29, 1.82) is 0 Å². The summed E-state index contributed by atoms with van der Waals surface area (Å²) in [7, 11) is 1.64. The summed E-state index contributed by atoms with van der Waals surface area (Å²) >= 11 is 6.44. The van der Waals surface area contributed by atoms with Crippen molar-refractivity contribution in [2.75, 3.05) is 49.1 Å². The van der Waals surface area contributed by atoms with Gasteiger partial charge in [-0.1, -0.05) is 23.7 Å². The molecule has 4 aromatic rings. The molecule has 1 saturated heterocycles. The molecule has 1 spiro atoms. The topological polar surface area (TPSA) is 106 Å². The van der Waals surface area contributed by atoms with Crippen LogP contribution >= 0.6 is 11.6 Å². The average Bonchev–Trinajstić information content (AvgIpc) is 3.48. The molecule has 0 bridgehead atoms. The van der Waals surface area contributed by atoms with E-state index in [1.165, 1.54) is 0 Å². The van der Waals surface area contributed by atoms with Gasteiger partial charge in [-0.2, -0.15) is 14.9 Å². The second-order valence-corrected chi connectivity index (χ2v) is 9.95. The zero-order valence-corrected chi connectivity index (χ0v) is 20.8. The van der Waals surface area contributed by atoms with Gasteiger partial charge in [0.1, 0.15) is 10.8 Å². The fourth-order valence-electron chi connectivity index (χ4n) is 5.49. The Labute approximate surface area is 217 Å². The lowest BCUT2D eigenvalue weighted by atomic mass is 9.91. The molecule has 1 amide bonds. The molecule has 2 fully saturated rings. The number of ether oxygens (including phenoxy) is 2. The number of halogens is 1. The van der Waals surface area contributed by atoms with E-state index in [1.807, 2.05) is 24.3 Å². The molecular formula is C26H24ClN7O3. The second-order valence-electron chi connectivity index (χ2n) is 9.55. The number of benzene rings is 2. The van der Waals surface area contributed by atoms with Gasteiger partial charge in [-0.15, -0.1) is 0 Å². The highest BCUT2D eigenvalue weighted by molar-refractivity contribution is 6.32. The zero-order valence-electron chi connectivity index (χ0n) is 20.1. The second kappa shape index (κ2) is 8.32. The first-order valence-corrected chi connectivity index (χ1v) is 12.5. The molecule has 0 unspecified atom stereocenters. The maximum atomic E-state index is 13.1. The van der Waals surface area contributed by atoms with Crippen LogP contribution in [0.25, 0.3) is 10.9 Å². The highest BCUT2D eigenvalue weighted by atomic mass is 35.5. The van der Waals surface area contributed by atoms with Crippen LogP contribution in [0.5, 0.6) is 5.75 Å². The third-order valence-corrected chi connectivity index (χ3v) is 7.83. The lowest BCUT2D eigenvalue weighted by Crippen LogP contribution is -2.37. The fraction of sp³-hybridized carbons (Fsp3) is 0.308. The number of nitrogens with one attached hydrogen (secondary N) is 2. The predicted molar refractivity (Wildman–Crippen MR) is 139 cm³/mol. The third kappa shape index (κ3) is 3.51. The number of rotatable bonds is 5. The van der Waals surface area contributed by atoms with E-state index in [1.54, 1.807) is 24.3 Å². The van der Waals surface area contributed by atoms with E-state index >= 15 is 0 Å². The van der Waals surface area contributed by atoms with Crippen molar-refractivity contribution >= 4 is 45.9 Å². The molecule has 37 heavy (non-hydrogen) atoms. The summed E-state index contributed by atoms with van der Waals surface area (Å²) in [5.41, 5.74) is 6.45. The van der Waals surface area contributed by atoms with Crippen LogP contribution in [0.4, 0.5) is 17.5 Å². The summed E-state index contributed by atoms with van der Waals surface area (Å²) in [6, 6.07) is 11.9. The smallest absolute Gasteiger partial charge is 0.235 e. The Kier molecular flexibility index (Phi) is 5.02. The summed E-state index contributed by atoms with van der Waals surface area (Å²) < 4.78 is 10.9. The Morgan fingerprint density at radius 1 is 1.19 bits per heavy atom. The highest BCUT2D eigenvalue weighted by Crippen LogP contribution is 2.65. The average molecular weight is 518 g/mol. The van der Waals surface area contributed by atoms with Crippen molar-refractivity contribution in [2.24, 2.45) is 0 Å². The summed E-state index contributed by atoms with van der Waals surface area (Å²) in [6.07, 6.45) is 4.12. The zero-order chi connectivity index (χ0) is 25.1. The number of methoxy groups -OCH3 is 1. The molecule has 2 atom stereocenters. The minimum Gasteiger partial charge on any atom is -0.497 e. The lowest BCUT2D eigenvalue weighted by Gasteiger charge is -2.27. The van der Waals surface area contributed by atoms with Crippen LogP contribution in [0.2, 0.25) is 5.02 Å². The van der Waals surface area contributed by atoms with Crippen LogP contribution < -0.4 is 20.4 Å². The van der Waals surface area contributed by atoms with E-state index in [2.05, 4.69) is 42.8 Å². The van der Waals surface area contributed by atoms with Gasteiger partial charge < -0.3 is 19.7 Å². The number of aromatic nitrogens is 4. The quantitative estimate of drug-likeness (QED) is 0.414. The summed E-state index contributed by atoms with van der Waals surface area (Å²) in [5.74, 6) is 1.90. The molecule has 10 nitrogen and oxygen atoms in total. The number of amides is 1. The molecule has 7 rings (SSSR count). The maximum Gasteiger partial charge on any atom is 0.235 e. The number of fused-ring (bicyclic) bond motifs is 3. The SMILES string of the molecule is COc1ccc2c(c1)[C@]1(C[C@H]1c1ccc3cnn(Nc4nc(N5CCOCC5)ncc4Cl)c3c1)C(=O)N2. The van der Waals surface area contributed by atoms with Gasteiger partial charge in [0.2, 0.25) is 11.9 Å². The Morgan fingerprint density at radius 2 is 2.05 bits per heavy atom. The molecule has 1 saturated carbocycles. The number of nitrogens with zero attached hydrogens (tertiary/aromatic N) is 5. The van der Waals surface area contributed by atoms with Gasteiger partial charge in [0.15, 0.2) is 5.82 Å². The Morgan fingerprint density at radius 3 is 2.89 bits per heavy atom. The van der Waals surface area contributed by atoms with Crippen LogP contribution in [0.1, 0.15) is 23.5 Å². The third-order valence-electron chi connectivity index (χ3n) is 7.56. The first-order valence-electron chi connectivity index (χ1n) is 12.2. The Bertz CT molecular complexity index is 1550. The first-order chi connectivity index (χ1) is 18.1. The molecule has 2 N–H and O–H groups in total. The summed E-state index contributed by atoms with van der Waals surface area (Å²) in [4.78, 5) is 25.9. The van der Waals surface area contributed by atoms with Crippen molar-refractivity contribution < 1.29 is 14.3 Å². The molecule has 11 heteroatoms. The van der Waals surface area contributed by atoms with Crippen molar-refractivity contribution in [3.63, 3.8) is 0 Å². The van der Waals surface area contributed by atoms with Gasteiger partial charge in [-0.05, 0) is 41.8 Å². The molecule has 3 aliphatic rings. The minimum absolute atomic E-state index is 0.0379. The summed E-state index contributed by atoms with van der Waals surface area (Å²) in [6.45, 7) is 2.72. The normalized spacial score (nSPS) is 22.3. The van der Waals surface area contributed by atoms with Crippen LogP contribution in [0, 0.1) is 0 Å². The number of anilines is 3. The van der Waals surface area contributed by atoms with E-state index < -0.39 is 5.41 Å². The predicted octanol–water partition coefficient (Wildman–Crippen LogP) is 3.58. The molecule has 1 aliphatic carbocycles. The largest absolute Gasteiger partial charge is 0.497 e.